The van der Waals surface area contributed by atoms with Crippen molar-refractivity contribution in [3.8, 4) is 0 Å². The molecule has 102 valence electrons. The van der Waals surface area contributed by atoms with E-state index in [1.54, 1.807) is 0 Å². The summed E-state index contributed by atoms with van der Waals surface area (Å²) in [6.07, 6.45) is 3.87. The van der Waals surface area contributed by atoms with Gasteiger partial charge in [-0.25, -0.2) is 4.79 Å². The van der Waals surface area contributed by atoms with Gasteiger partial charge in [0.15, 0.2) is 0 Å². The van der Waals surface area contributed by atoms with Crippen molar-refractivity contribution in [2.24, 2.45) is 21.9 Å². The molecule has 2 aliphatic rings. The van der Waals surface area contributed by atoms with Crippen LogP contribution in [0.2, 0.25) is 0 Å². The van der Waals surface area contributed by atoms with Crippen molar-refractivity contribution in [1.29, 1.82) is 0 Å². The molecule has 2 atom stereocenters. The summed E-state index contributed by atoms with van der Waals surface area (Å²) in [6.45, 7) is 9.52. The fraction of sp³-hybridized carbons (Fsp3) is 0.857. The highest BCUT2D eigenvalue weighted by Gasteiger charge is 2.60. The summed E-state index contributed by atoms with van der Waals surface area (Å²) < 4.78 is 0. The smallest absolute Gasteiger partial charge is 0.320 e. The molecule has 18 heavy (non-hydrogen) atoms. The molecule has 1 N–H and O–H groups in total. The molecule has 0 heterocycles. The fourth-order valence-corrected chi connectivity index (χ4v) is 3.42. The summed E-state index contributed by atoms with van der Waals surface area (Å²) in [7, 11) is 0. The van der Waals surface area contributed by atoms with Crippen LogP contribution in [0.5, 0.6) is 0 Å². The van der Waals surface area contributed by atoms with Crippen LogP contribution in [0, 0.1) is 16.7 Å². The van der Waals surface area contributed by atoms with E-state index in [9.17, 15) is 4.79 Å². The van der Waals surface area contributed by atoms with Crippen LogP contribution in [0.25, 0.3) is 0 Å². The molecule has 0 radical (unpaired) electrons. The lowest BCUT2D eigenvalue weighted by atomic mass is 9.70. The molecule has 0 aromatic carbocycles. The highest BCUT2D eigenvalue weighted by atomic mass is 16.7. The lowest BCUT2D eigenvalue weighted by molar-refractivity contribution is 0.146. The zero-order valence-electron chi connectivity index (χ0n) is 11.9. The predicted molar refractivity (Wildman–Crippen MR) is 71.4 cm³/mol. The molecule has 0 aliphatic heterocycles. The summed E-state index contributed by atoms with van der Waals surface area (Å²) in [5, 5.41) is 6.80. The highest BCUT2D eigenvalue weighted by Crippen LogP contribution is 2.63. The van der Waals surface area contributed by atoms with Gasteiger partial charge in [-0.1, -0.05) is 32.9 Å². The minimum Gasteiger partial charge on any atom is -0.320 e. The van der Waals surface area contributed by atoms with Crippen molar-refractivity contribution in [2.75, 3.05) is 6.54 Å². The van der Waals surface area contributed by atoms with Crippen LogP contribution in [0.3, 0.4) is 0 Å². The number of carbonyl (C=O) groups excluding carboxylic acids is 1. The highest BCUT2D eigenvalue weighted by molar-refractivity contribution is 5.94. The Morgan fingerprint density at radius 2 is 2.22 bits per heavy atom. The first-order chi connectivity index (χ1) is 8.41. The number of fused-ring (bicyclic) bond motifs is 2. The maximum absolute atomic E-state index is 11.4. The molecule has 4 nitrogen and oxygen atoms in total. The number of amides is 1. The third-order valence-corrected chi connectivity index (χ3v) is 5.27. The van der Waals surface area contributed by atoms with E-state index in [1.807, 2.05) is 6.92 Å². The van der Waals surface area contributed by atoms with Gasteiger partial charge in [0.2, 0.25) is 0 Å². The van der Waals surface area contributed by atoms with E-state index in [1.165, 1.54) is 6.42 Å². The Bertz CT molecular complexity index is 376. The quantitative estimate of drug-likeness (QED) is 0.618. The van der Waals surface area contributed by atoms with Crippen molar-refractivity contribution in [3.05, 3.63) is 0 Å². The Balaban J connectivity index is 2.01. The standard InChI is InChI=1S/C14H24N2O2/c1-5-8-15-12(17)18-16-11-9-10-6-7-14(11,4)13(10,2)3/h10H,5-9H2,1-4H3,(H,15,17)/b16-11-/t10-,14-/m1/s1. The molecule has 2 aliphatic carbocycles. The second kappa shape index (κ2) is 4.56. The monoisotopic (exact) mass is 252 g/mol. The van der Waals surface area contributed by atoms with Crippen LogP contribution in [0.15, 0.2) is 5.16 Å². The number of rotatable bonds is 3. The maximum atomic E-state index is 11.4. The lowest BCUT2D eigenvalue weighted by Crippen LogP contribution is -2.33. The van der Waals surface area contributed by atoms with Crippen LogP contribution in [-0.2, 0) is 4.84 Å². The number of hydrogen-bond acceptors (Lipinski definition) is 3. The number of nitrogens with one attached hydrogen (secondary N) is 1. The average molecular weight is 252 g/mol. The lowest BCUT2D eigenvalue weighted by Gasteiger charge is -2.34. The molecule has 2 rings (SSSR count). The summed E-state index contributed by atoms with van der Waals surface area (Å²) in [6, 6.07) is 0. The van der Waals surface area contributed by atoms with Crippen molar-refractivity contribution in [2.45, 2.75) is 53.4 Å². The van der Waals surface area contributed by atoms with Crippen molar-refractivity contribution in [3.63, 3.8) is 0 Å². The summed E-state index contributed by atoms with van der Waals surface area (Å²) in [5.74, 6) is 0.684. The number of nitrogens with zero attached hydrogens (tertiary/aromatic N) is 1. The zero-order chi connectivity index (χ0) is 13.4. The average Bonchev–Trinajstić information content (AvgIpc) is 2.66. The Hall–Kier alpha value is -1.06. The van der Waals surface area contributed by atoms with Gasteiger partial charge in [-0.05, 0) is 37.0 Å². The molecule has 2 fully saturated rings. The largest absolute Gasteiger partial charge is 0.433 e. The molecule has 0 unspecified atom stereocenters. The molecule has 0 spiro atoms. The molecule has 0 saturated heterocycles. The van der Waals surface area contributed by atoms with Gasteiger partial charge in [-0.3, -0.25) is 4.84 Å². The second-order valence-electron chi connectivity index (χ2n) is 6.34. The van der Waals surface area contributed by atoms with Crippen LogP contribution >= 0.6 is 0 Å². The van der Waals surface area contributed by atoms with Gasteiger partial charge in [-0.2, -0.15) is 0 Å². The first-order valence-electron chi connectivity index (χ1n) is 6.94. The Morgan fingerprint density at radius 1 is 1.50 bits per heavy atom. The van der Waals surface area contributed by atoms with Crippen LogP contribution < -0.4 is 5.32 Å². The Labute approximate surface area is 109 Å². The van der Waals surface area contributed by atoms with Crippen LogP contribution in [0.4, 0.5) is 4.79 Å². The first-order valence-corrected chi connectivity index (χ1v) is 6.94. The summed E-state index contributed by atoms with van der Waals surface area (Å²) in [4.78, 5) is 16.4. The van der Waals surface area contributed by atoms with E-state index in [4.69, 9.17) is 4.84 Å². The predicted octanol–water partition coefficient (Wildman–Crippen LogP) is 3.32. The van der Waals surface area contributed by atoms with Gasteiger partial charge in [0.25, 0.3) is 0 Å². The third kappa shape index (κ3) is 1.91. The van der Waals surface area contributed by atoms with Crippen molar-refractivity contribution < 1.29 is 9.63 Å². The summed E-state index contributed by atoms with van der Waals surface area (Å²) in [5.41, 5.74) is 1.44. The van der Waals surface area contributed by atoms with Gasteiger partial charge in [0.05, 0.1) is 5.71 Å². The second-order valence-corrected chi connectivity index (χ2v) is 6.34. The molecular weight excluding hydrogens is 228 g/mol. The molecule has 1 amide bonds. The molecule has 2 saturated carbocycles. The maximum Gasteiger partial charge on any atom is 0.433 e. The van der Waals surface area contributed by atoms with Gasteiger partial charge in [-0.15, -0.1) is 0 Å². The van der Waals surface area contributed by atoms with Crippen LogP contribution in [0.1, 0.15) is 53.4 Å². The Kier molecular flexibility index (Phi) is 3.39. The molecule has 4 heteroatoms. The van der Waals surface area contributed by atoms with Gasteiger partial charge in [0, 0.05) is 12.0 Å². The Morgan fingerprint density at radius 3 is 2.72 bits per heavy atom. The fourth-order valence-electron chi connectivity index (χ4n) is 3.42. The van der Waals surface area contributed by atoms with E-state index < -0.39 is 6.09 Å². The van der Waals surface area contributed by atoms with Gasteiger partial charge in [0.1, 0.15) is 0 Å². The van der Waals surface area contributed by atoms with E-state index in [-0.39, 0.29) is 10.8 Å². The minimum atomic E-state index is -0.437. The summed E-state index contributed by atoms with van der Waals surface area (Å²) >= 11 is 0. The normalized spacial score (nSPS) is 34.9. The zero-order valence-corrected chi connectivity index (χ0v) is 11.9. The van der Waals surface area contributed by atoms with Crippen LogP contribution in [-0.4, -0.2) is 18.3 Å². The number of carbonyl (C=O) groups is 1. The van der Waals surface area contributed by atoms with Crippen molar-refractivity contribution >= 4 is 11.8 Å². The molecule has 0 aromatic rings. The van der Waals surface area contributed by atoms with E-state index >= 15 is 0 Å². The molecule has 0 aromatic heterocycles. The molecular formula is C14H24N2O2. The number of hydrogen-bond donors (Lipinski definition) is 1. The number of oxime groups is 1. The van der Waals surface area contributed by atoms with E-state index in [2.05, 4.69) is 31.2 Å². The van der Waals surface area contributed by atoms with E-state index in [0.717, 1.165) is 25.0 Å². The third-order valence-electron chi connectivity index (χ3n) is 5.27. The topological polar surface area (TPSA) is 50.7 Å². The first kappa shape index (κ1) is 13.4. The SMILES string of the molecule is CCCNC(=O)O/N=C1/C[C@H]2CC[C@@]1(C)C2(C)C. The van der Waals surface area contributed by atoms with Gasteiger partial charge >= 0.3 is 6.09 Å². The van der Waals surface area contributed by atoms with Gasteiger partial charge < -0.3 is 5.32 Å². The van der Waals surface area contributed by atoms with E-state index in [0.29, 0.717) is 12.5 Å². The van der Waals surface area contributed by atoms with Crippen molar-refractivity contribution in [1.82, 2.24) is 5.32 Å². The minimum absolute atomic E-state index is 0.0999. The molecule has 2 bridgehead atoms.